The largest absolute Gasteiger partial charge is 0.496 e. The van der Waals surface area contributed by atoms with Gasteiger partial charge in [0, 0.05) is 19.2 Å². The lowest BCUT2D eigenvalue weighted by molar-refractivity contribution is -0.128. The van der Waals surface area contributed by atoms with Gasteiger partial charge < -0.3 is 19.7 Å². The van der Waals surface area contributed by atoms with Crippen molar-refractivity contribution in [1.29, 1.82) is 0 Å². The van der Waals surface area contributed by atoms with Crippen LogP contribution < -0.4 is 19.7 Å². The van der Waals surface area contributed by atoms with Gasteiger partial charge in [0.1, 0.15) is 11.5 Å². The van der Waals surface area contributed by atoms with E-state index in [4.69, 9.17) is 9.47 Å². The van der Waals surface area contributed by atoms with E-state index >= 15 is 0 Å². The van der Waals surface area contributed by atoms with Crippen LogP contribution in [0.5, 0.6) is 11.5 Å². The minimum Gasteiger partial charge on any atom is -0.496 e. The molecule has 3 rings (SSSR count). The summed E-state index contributed by atoms with van der Waals surface area (Å²) < 4.78 is 11.2. The first-order valence-corrected chi connectivity index (χ1v) is 9.52. The van der Waals surface area contributed by atoms with Gasteiger partial charge in [-0.05, 0) is 32.2 Å². The molecule has 0 radical (unpaired) electrons. The minimum absolute atomic E-state index is 0.0937. The standard InChI is InChI=1S/C22H27N3O4/c1-15-9-10-18(28-4)16(11-15)12-24(3)14-21(26)25-13-20(22(27)23-2)29-19-8-6-5-7-17(19)25/h5-11,20H,12-14H2,1-4H3,(H,23,27)/t20-/m0/s1. The van der Waals surface area contributed by atoms with Crippen LogP contribution in [0.2, 0.25) is 0 Å². The third-order valence-corrected chi connectivity index (χ3v) is 4.89. The molecule has 1 N–H and O–H groups in total. The number of carbonyl (C=O) groups is 2. The highest BCUT2D eigenvalue weighted by molar-refractivity contribution is 5.98. The maximum atomic E-state index is 13.1. The third-order valence-electron chi connectivity index (χ3n) is 4.89. The number of anilines is 1. The van der Waals surface area contributed by atoms with E-state index in [2.05, 4.69) is 11.4 Å². The van der Waals surface area contributed by atoms with Crippen LogP contribution in [-0.4, -0.2) is 57.1 Å². The summed E-state index contributed by atoms with van der Waals surface area (Å²) >= 11 is 0. The maximum absolute atomic E-state index is 13.1. The summed E-state index contributed by atoms with van der Waals surface area (Å²) in [5.41, 5.74) is 2.84. The average Bonchev–Trinajstić information content (AvgIpc) is 2.72. The molecule has 154 valence electrons. The van der Waals surface area contributed by atoms with E-state index in [1.165, 1.54) is 0 Å². The fourth-order valence-corrected chi connectivity index (χ4v) is 3.46. The monoisotopic (exact) mass is 397 g/mol. The molecule has 1 atom stereocenters. The van der Waals surface area contributed by atoms with Crippen LogP contribution in [-0.2, 0) is 16.1 Å². The molecule has 2 aromatic rings. The zero-order valence-corrected chi connectivity index (χ0v) is 17.3. The van der Waals surface area contributed by atoms with E-state index in [0.29, 0.717) is 18.0 Å². The summed E-state index contributed by atoms with van der Waals surface area (Å²) in [5.74, 6) is 0.980. The molecular formula is C22H27N3O4. The fraction of sp³-hybridized carbons (Fsp3) is 0.364. The smallest absolute Gasteiger partial charge is 0.262 e. The Labute approximate surface area is 171 Å². The number of nitrogens with zero attached hydrogens (tertiary/aromatic N) is 2. The number of amides is 2. The Bertz CT molecular complexity index is 899. The van der Waals surface area contributed by atoms with Gasteiger partial charge in [0.05, 0.1) is 25.9 Å². The number of benzene rings is 2. The highest BCUT2D eigenvalue weighted by Gasteiger charge is 2.33. The molecule has 0 saturated carbocycles. The van der Waals surface area contributed by atoms with Gasteiger partial charge in [0.2, 0.25) is 5.91 Å². The maximum Gasteiger partial charge on any atom is 0.262 e. The molecule has 1 heterocycles. The SMILES string of the molecule is CNC(=O)[C@@H]1CN(C(=O)CN(C)Cc2cc(C)ccc2OC)c2ccccc2O1. The molecule has 0 bridgehead atoms. The minimum atomic E-state index is -0.735. The van der Waals surface area contributed by atoms with Crippen LogP contribution in [0.4, 0.5) is 5.69 Å². The summed E-state index contributed by atoms with van der Waals surface area (Å²) in [6, 6.07) is 13.3. The normalized spacial score (nSPS) is 15.5. The van der Waals surface area contributed by atoms with Crippen molar-refractivity contribution in [2.24, 2.45) is 0 Å². The second-order valence-corrected chi connectivity index (χ2v) is 7.18. The zero-order chi connectivity index (χ0) is 21.0. The van der Waals surface area contributed by atoms with E-state index in [9.17, 15) is 9.59 Å². The van der Waals surface area contributed by atoms with Crippen LogP contribution in [0.15, 0.2) is 42.5 Å². The number of methoxy groups -OCH3 is 1. The first-order chi connectivity index (χ1) is 13.9. The number of carbonyl (C=O) groups excluding carboxylic acids is 2. The predicted octanol–water partition coefficient (Wildman–Crippen LogP) is 1.98. The molecule has 0 aliphatic carbocycles. The molecule has 1 aliphatic heterocycles. The number of fused-ring (bicyclic) bond motifs is 1. The summed E-state index contributed by atoms with van der Waals surface area (Å²) in [6.07, 6.45) is -0.735. The van der Waals surface area contributed by atoms with E-state index < -0.39 is 6.10 Å². The first kappa shape index (κ1) is 20.7. The number of aryl methyl sites for hydroxylation is 1. The van der Waals surface area contributed by atoms with Crippen molar-refractivity contribution in [2.75, 3.05) is 39.2 Å². The van der Waals surface area contributed by atoms with Crippen molar-refractivity contribution < 1.29 is 19.1 Å². The quantitative estimate of drug-likeness (QED) is 0.807. The summed E-state index contributed by atoms with van der Waals surface area (Å²) in [4.78, 5) is 28.8. The molecule has 0 fully saturated rings. The molecular weight excluding hydrogens is 370 g/mol. The van der Waals surface area contributed by atoms with Gasteiger partial charge in [-0.1, -0.05) is 29.8 Å². The van der Waals surface area contributed by atoms with Crippen molar-refractivity contribution in [3.63, 3.8) is 0 Å². The molecule has 0 aromatic heterocycles. The van der Waals surface area contributed by atoms with Crippen LogP contribution in [0.1, 0.15) is 11.1 Å². The Balaban J connectivity index is 1.75. The first-order valence-electron chi connectivity index (χ1n) is 9.52. The van der Waals surface area contributed by atoms with Crippen molar-refractivity contribution in [3.05, 3.63) is 53.6 Å². The van der Waals surface area contributed by atoms with Crippen molar-refractivity contribution in [3.8, 4) is 11.5 Å². The Morgan fingerprint density at radius 1 is 1.28 bits per heavy atom. The van der Waals surface area contributed by atoms with Gasteiger partial charge in [-0.2, -0.15) is 0 Å². The zero-order valence-electron chi connectivity index (χ0n) is 17.3. The molecule has 2 amide bonds. The van der Waals surface area contributed by atoms with Gasteiger partial charge in [0.25, 0.3) is 5.91 Å². The number of para-hydroxylation sites is 2. The highest BCUT2D eigenvalue weighted by atomic mass is 16.5. The number of ether oxygens (including phenoxy) is 2. The van der Waals surface area contributed by atoms with E-state index in [-0.39, 0.29) is 24.9 Å². The van der Waals surface area contributed by atoms with Gasteiger partial charge in [-0.3, -0.25) is 14.5 Å². The fourth-order valence-electron chi connectivity index (χ4n) is 3.46. The molecule has 0 saturated heterocycles. The van der Waals surface area contributed by atoms with Crippen LogP contribution in [0.3, 0.4) is 0 Å². The predicted molar refractivity (Wildman–Crippen MR) is 111 cm³/mol. The molecule has 7 nitrogen and oxygen atoms in total. The topological polar surface area (TPSA) is 71.1 Å². The second kappa shape index (κ2) is 8.96. The van der Waals surface area contributed by atoms with E-state index in [1.54, 1.807) is 25.1 Å². The van der Waals surface area contributed by atoms with Crippen LogP contribution >= 0.6 is 0 Å². The van der Waals surface area contributed by atoms with Gasteiger partial charge in [-0.15, -0.1) is 0 Å². The van der Waals surface area contributed by atoms with Gasteiger partial charge >= 0.3 is 0 Å². The molecule has 1 aliphatic rings. The van der Waals surface area contributed by atoms with Crippen LogP contribution in [0.25, 0.3) is 0 Å². The van der Waals surface area contributed by atoms with Crippen molar-refractivity contribution >= 4 is 17.5 Å². The van der Waals surface area contributed by atoms with E-state index in [0.717, 1.165) is 16.9 Å². The molecule has 29 heavy (non-hydrogen) atoms. The highest BCUT2D eigenvalue weighted by Crippen LogP contribution is 2.33. The Morgan fingerprint density at radius 3 is 2.76 bits per heavy atom. The van der Waals surface area contributed by atoms with Crippen molar-refractivity contribution in [2.45, 2.75) is 19.6 Å². The lowest BCUT2D eigenvalue weighted by Crippen LogP contribution is -2.51. The number of hydrogen-bond acceptors (Lipinski definition) is 5. The van der Waals surface area contributed by atoms with Gasteiger partial charge in [-0.25, -0.2) is 0 Å². The number of nitrogens with one attached hydrogen (secondary N) is 1. The summed E-state index contributed by atoms with van der Waals surface area (Å²) in [7, 11) is 5.09. The Morgan fingerprint density at radius 2 is 2.03 bits per heavy atom. The molecule has 7 heteroatoms. The Kier molecular flexibility index (Phi) is 6.39. The van der Waals surface area contributed by atoms with Gasteiger partial charge in [0.15, 0.2) is 6.10 Å². The third kappa shape index (κ3) is 4.68. The molecule has 2 aromatic carbocycles. The van der Waals surface area contributed by atoms with E-state index in [1.807, 2.05) is 49.2 Å². The second-order valence-electron chi connectivity index (χ2n) is 7.18. The average molecular weight is 397 g/mol. The summed E-state index contributed by atoms with van der Waals surface area (Å²) in [5, 5.41) is 2.59. The summed E-state index contributed by atoms with van der Waals surface area (Å²) in [6.45, 7) is 2.97. The Hall–Kier alpha value is -3.06. The number of hydrogen-bond donors (Lipinski definition) is 1. The van der Waals surface area contributed by atoms with Crippen molar-refractivity contribution in [1.82, 2.24) is 10.2 Å². The lowest BCUT2D eigenvalue weighted by Gasteiger charge is -2.34. The number of likely N-dealkylation sites (N-methyl/N-ethyl adjacent to an activating group) is 2. The molecule has 0 spiro atoms. The molecule has 0 unspecified atom stereocenters. The van der Waals surface area contributed by atoms with Crippen LogP contribution in [0, 0.1) is 6.92 Å². The number of rotatable bonds is 6. The lowest BCUT2D eigenvalue weighted by atomic mass is 10.1.